The quantitative estimate of drug-likeness (QED) is 0.527. The second kappa shape index (κ2) is 8.71. The summed E-state index contributed by atoms with van der Waals surface area (Å²) in [6, 6.07) is 14.1. The predicted octanol–water partition coefficient (Wildman–Crippen LogP) is 4.91. The molecule has 0 unspecified atom stereocenters. The molecule has 1 aliphatic heterocycles. The summed E-state index contributed by atoms with van der Waals surface area (Å²) in [5, 5.41) is 1.02. The first-order chi connectivity index (χ1) is 14.0. The largest absolute Gasteiger partial charge is 0.484 e. The molecule has 3 aromatic rings. The number of hydrogen-bond donors (Lipinski definition) is 0. The van der Waals surface area contributed by atoms with Gasteiger partial charge in [-0.3, -0.25) is 4.79 Å². The molecule has 0 saturated carbocycles. The zero-order valence-electron chi connectivity index (χ0n) is 16.6. The summed E-state index contributed by atoms with van der Waals surface area (Å²) < 4.78 is 7.93. The van der Waals surface area contributed by atoms with Crippen LogP contribution in [0.15, 0.2) is 46.9 Å². The molecule has 2 aromatic carbocycles. The summed E-state index contributed by atoms with van der Waals surface area (Å²) in [6.07, 6.45) is 0. The Hall–Kier alpha value is -2.12. The summed E-state index contributed by atoms with van der Waals surface area (Å²) in [4.78, 5) is 21.4. The van der Waals surface area contributed by atoms with E-state index in [-0.39, 0.29) is 12.5 Å². The van der Waals surface area contributed by atoms with Crippen molar-refractivity contribution < 1.29 is 9.53 Å². The van der Waals surface area contributed by atoms with Crippen LogP contribution in [0.5, 0.6) is 5.75 Å². The molecule has 0 spiro atoms. The molecule has 5 nitrogen and oxygen atoms in total. The number of carbonyl (C=O) groups excluding carboxylic acids is 1. The molecule has 4 rings (SSSR count). The van der Waals surface area contributed by atoms with E-state index in [0.717, 1.165) is 34.0 Å². The van der Waals surface area contributed by atoms with Crippen LogP contribution in [-0.4, -0.2) is 48.6 Å². The molecular formula is C22H24BrN3O2S. The molecule has 0 aliphatic carbocycles. The van der Waals surface area contributed by atoms with Crippen LogP contribution in [0, 0.1) is 0 Å². The maximum absolute atomic E-state index is 12.5. The van der Waals surface area contributed by atoms with Crippen LogP contribution in [0.4, 0.5) is 5.13 Å². The van der Waals surface area contributed by atoms with Gasteiger partial charge < -0.3 is 14.5 Å². The van der Waals surface area contributed by atoms with Gasteiger partial charge >= 0.3 is 0 Å². The molecule has 7 heteroatoms. The Morgan fingerprint density at radius 3 is 2.55 bits per heavy atom. The first-order valence-electron chi connectivity index (χ1n) is 9.81. The minimum Gasteiger partial charge on any atom is -0.484 e. The number of aromatic nitrogens is 1. The second-order valence-electron chi connectivity index (χ2n) is 7.49. The Bertz CT molecular complexity index is 995. The second-order valence-corrected chi connectivity index (χ2v) is 9.41. The summed E-state index contributed by atoms with van der Waals surface area (Å²) >= 11 is 5.21. The minimum absolute atomic E-state index is 0.0332. The van der Waals surface area contributed by atoms with Crippen molar-refractivity contribution in [1.29, 1.82) is 0 Å². The summed E-state index contributed by atoms with van der Waals surface area (Å²) in [5.41, 5.74) is 2.28. The average Bonchev–Trinajstić information content (AvgIpc) is 3.15. The van der Waals surface area contributed by atoms with Gasteiger partial charge in [-0.2, -0.15) is 0 Å². The van der Waals surface area contributed by atoms with Crippen LogP contribution in [0.3, 0.4) is 0 Å². The summed E-state index contributed by atoms with van der Waals surface area (Å²) in [7, 11) is 0. The first kappa shape index (κ1) is 20.2. The fraction of sp³-hybridized carbons (Fsp3) is 0.364. The van der Waals surface area contributed by atoms with E-state index in [9.17, 15) is 4.79 Å². The highest BCUT2D eigenvalue weighted by atomic mass is 79.9. The molecule has 152 valence electrons. The Kier molecular flexibility index (Phi) is 6.06. The van der Waals surface area contributed by atoms with Crippen LogP contribution in [-0.2, 0) is 4.79 Å². The highest BCUT2D eigenvalue weighted by molar-refractivity contribution is 9.10. The molecule has 0 bridgehead atoms. The van der Waals surface area contributed by atoms with Crippen molar-refractivity contribution in [2.24, 2.45) is 0 Å². The minimum atomic E-state index is 0.0332. The van der Waals surface area contributed by atoms with Gasteiger partial charge in [-0.1, -0.05) is 53.2 Å². The van der Waals surface area contributed by atoms with E-state index < -0.39 is 0 Å². The lowest BCUT2D eigenvalue weighted by Gasteiger charge is -2.34. The highest BCUT2D eigenvalue weighted by Crippen LogP contribution is 2.31. The van der Waals surface area contributed by atoms with Crippen molar-refractivity contribution in [2.75, 3.05) is 37.7 Å². The number of rotatable bonds is 5. The maximum atomic E-state index is 12.5. The third-order valence-electron chi connectivity index (χ3n) is 5.15. The Morgan fingerprint density at radius 1 is 1.14 bits per heavy atom. The molecule has 29 heavy (non-hydrogen) atoms. The normalized spacial score (nSPS) is 14.6. The number of hydrogen-bond acceptors (Lipinski definition) is 5. The molecule has 2 heterocycles. The number of benzene rings is 2. The molecule has 1 amide bonds. The number of halogens is 1. The number of ether oxygens (including phenoxy) is 1. The summed E-state index contributed by atoms with van der Waals surface area (Å²) in [6.45, 7) is 7.35. The van der Waals surface area contributed by atoms with Gasteiger partial charge in [-0.15, -0.1) is 0 Å². The van der Waals surface area contributed by atoms with Crippen LogP contribution >= 0.6 is 27.3 Å². The van der Waals surface area contributed by atoms with Gasteiger partial charge in [0.2, 0.25) is 0 Å². The van der Waals surface area contributed by atoms with Crippen LogP contribution in [0.25, 0.3) is 10.2 Å². The van der Waals surface area contributed by atoms with E-state index in [4.69, 9.17) is 9.72 Å². The monoisotopic (exact) mass is 473 g/mol. The molecule has 1 aliphatic rings. The highest BCUT2D eigenvalue weighted by Gasteiger charge is 2.23. The van der Waals surface area contributed by atoms with E-state index in [0.29, 0.717) is 19.0 Å². The Balaban J connectivity index is 1.29. The van der Waals surface area contributed by atoms with Gasteiger partial charge in [0.05, 0.1) is 10.2 Å². The number of piperazine rings is 1. The predicted molar refractivity (Wildman–Crippen MR) is 122 cm³/mol. The van der Waals surface area contributed by atoms with Crippen molar-refractivity contribution in [3.63, 3.8) is 0 Å². The van der Waals surface area contributed by atoms with Crippen LogP contribution in [0.2, 0.25) is 0 Å². The van der Waals surface area contributed by atoms with Crippen molar-refractivity contribution in [3.05, 3.63) is 52.5 Å². The first-order valence-corrected chi connectivity index (χ1v) is 11.4. The van der Waals surface area contributed by atoms with E-state index in [1.165, 1.54) is 10.3 Å². The van der Waals surface area contributed by atoms with Gasteiger partial charge in [0.25, 0.3) is 5.91 Å². The number of nitrogens with zero attached hydrogens (tertiary/aromatic N) is 3. The Morgan fingerprint density at radius 2 is 1.86 bits per heavy atom. The lowest BCUT2D eigenvalue weighted by Crippen LogP contribution is -2.50. The van der Waals surface area contributed by atoms with Gasteiger partial charge in [-0.05, 0) is 41.8 Å². The van der Waals surface area contributed by atoms with Crippen molar-refractivity contribution in [1.82, 2.24) is 9.88 Å². The van der Waals surface area contributed by atoms with Crippen molar-refractivity contribution in [2.45, 2.75) is 19.8 Å². The topological polar surface area (TPSA) is 45.7 Å². The smallest absolute Gasteiger partial charge is 0.260 e. The fourth-order valence-electron chi connectivity index (χ4n) is 3.35. The van der Waals surface area contributed by atoms with E-state index in [2.05, 4.69) is 52.9 Å². The van der Waals surface area contributed by atoms with E-state index in [1.807, 2.05) is 29.2 Å². The Labute approximate surface area is 183 Å². The fourth-order valence-corrected chi connectivity index (χ4v) is 4.92. The lowest BCUT2D eigenvalue weighted by molar-refractivity contribution is -0.133. The van der Waals surface area contributed by atoms with Gasteiger partial charge in [0.15, 0.2) is 11.7 Å². The number of fused-ring (bicyclic) bond motifs is 1. The number of carbonyl (C=O) groups is 1. The third kappa shape index (κ3) is 4.73. The SMILES string of the molecule is CC(C)c1ccc(OCC(=O)N2CCN(c3nc4ccc(Br)cc4s3)CC2)cc1. The van der Waals surface area contributed by atoms with E-state index in [1.54, 1.807) is 11.3 Å². The average molecular weight is 474 g/mol. The molecule has 0 radical (unpaired) electrons. The molecule has 0 N–H and O–H groups in total. The molecular weight excluding hydrogens is 450 g/mol. The number of anilines is 1. The standard InChI is InChI=1S/C22H24BrN3O2S/c1-15(2)16-3-6-18(7-4-16)28-14-21(27)25-9-11-26(12-10-25)22-24-19-8-5-17(23)13-20(19)29-22/h3-8,13,15H,9-12,14H2,1-2H3. The van der Waals surface area contributed by atoms with Crippen LogP contribution < -0.4 is 9.64 Å². The zero-order chi connectivity index (χ0) is 20.4. The van der Waals surface area contributed by atoms with Gasteiger partial charge in [0.1, 0.15) is 5.75 Å². The lowest BCUT2D eigenvalue weighted by atomic mass is 10.0. The van der Waals surface area contributed by atoms with Crippen LogP contribution in [0.1, 0.15) is 25.3 Å². The molecule has 1 fully saturated rings. The number of amides is 1. The van der Waals surface area contributed by atoms with Gasteiger partial charge in [-0.25, -0.2) is 4.98 Å². The molecule has 1 aromatic heterocycles. The third-order valence-corrected chi connectivity index (χ3v) is 6.72. The van der Waals surface area contributed by atoms with E-state index >= 15 is 0 Å². The van der Waals surface area contributed by atoms with Gasteiger partial charge in [0, 0.05) is 30.7 Å². The molecule has 1 saturated heterocycles. The zero-order valence-corrected chi connectivity index (χ0v) is 19.0. The van der Waals surface area contributed by atoms with Crippen molar-refractivity contribution >= 4 is 48.5 Å². The molecule has 0 atom stereocenters. The maximum Gasteiger partial charge on any atom is 0.260 e. The number of thiazole rings is 1. The summed E-state index contributed by atoms with van der Waals surface area (Å²) in [5.74, 6) is 1.26. The van der Waals surface area contributed by atoms with Crippen molar-refractivity contribution in [3.8, 4) is 5.75 Å².